The average molecular weight is 219 g/mol. The van der Waals surface area contributed by atoms with Crippen LogP contribution in [0.3, 0.4) is 0 Å². The first-order valence-electron chi connectivity index (χ1n) is 4.79. The SMILES string of the molecule is CCC(C)(CBr)C1CCCC1. The fraction of sp³-hybridized carbons (Fsp3) is 1.00. The Morgan fingerprint density at radius 3 is 2.27 bits per heavy atom. The Kier molecular flexibility index (Phi) is 3.42. The first kappa shape index (κ1) is 9.57. The summed E-state index contributed by atoms with van der Waals surface area (Å²) in [6.07, 6.45) is 7.19. The molecule has 0 spiro atoms. The Hall–Kier alpha value is 0.480. The summed E-state index contributed by atoms with van der Waals surface area (Å²) in [7, 11) is 0. The topological polar surface area (TPSA) is 0 Å². The number of halogens is 1. The summed E-state index contributed by atoms with van der Waals surface area (Å²) in [4.78, 5) is 0. The number of alkyl halides is 1. The maximum atomic E-state index is 3.64. The van der Waals surface area contributed by atoms with Gasteiger partial charge in [0, 0.05) is 5.33 Å². The molecule has 1 aliphatic carbocycles. The second kappa shape index (κ2) is 3.93. The zero-order valence-corrected chi connectivity index (χ0v) is 9.28. The van der Waals surface area contributed by atoms with Crippen LogP contribution in [0.15, 0.2) is 0 Å². The Bertz CT molecular complexity index is 110. The van der Waals surface area contributed by atoms with Crippen molar-refractivity contribution in [2.45, 2.75) is 46.0 Å². The highest BCUT2D eigenvalue weighted by Crippen LogP contribution is 2.42. The van der Waals surface area contributed by atoms with Crippen molar-refractivity contribution in [3.63, 3.8) is 0 Å². The number of rotatable bonds is 3. The molecule has 0 aromatic carbocycles. The van der Waals surface area contributed by atoms with Gasteiger partial charge < -0.3 is 0 Å². The Balaban J connectivity index is 2.52. The molecule has 0 aromatic rings. The predicted octanol–water partition coefficient (Wildman–Crippen LogP) is 3.99. The third-order valence-electron chi connectivity index (χ3n) is 3.45. The fourth-order valence-electron chi connectivity index (χ4n) is 2.12. The second-order valence-electron chi connectivity index (χ2n) is 4.12. The van der Waals surface area contributed by atoms with Crippen molar-refractivity contribution in [1.29, 1.82) is 0 Å². The molecule has 1 unspecified atom stereocenters. The monoisotopic (exact) mass is 218 g/mol. The molecular formula is C10H19Br. The maximum Gasteiger partial charge on any atom is 0.00878 e. The van der Waals surface area contributed by atoms with Crippen molar-refractivity contribution in [3.8, 4) is 0 Å². The van der Waals surface area contributed by atoms with E-state index in [9.17, 15) is 0 Å². The molecule has 1 saturated carbocycles. The van der Waals surface area contributed by atoms with Gasteiger partial charge >= 0.3 is 0 Å². The molecule has 66 valence electrons. The van der Waals surface area contributed by atoms with E-state index in [1.54, 1.807) is 0 Å². The molecule has 1 aliphatic rings. The van der Waals surface area contributed by atoms with E-state index >= 15 is 0 Å². The fourth-order valence-corrected chi connectivity index (χ4v) is 2.97. The molecule has 0 bridgehead atoms. The van der Waals surface area contributed by atoms with Crippen molar-refractivity contribution >= 4 is 15.9 Å². The smallest absolute Gasteiger partial charge is 0.00878 e. The molecule has 0 radical (unpaired) electrons. The summed E-state index contributed by atoms with van der Waals surface area (Å²) in [5, 5.41) is 1.18. The molecule has 0 nitrogen and oxygen atoms in total. The van der Waals surface area contributed by atoms with Gasteiger partial charge in [-0.25, -0.2) is 0 Å². The molecule has 1 rings (SSSR count). The third kappa shape index (κ3) is 1.99. The van der Waals surface area contributed by atoms with E-state index in [1.807, 2.05) is 0 Å². The molecule has 1 heteroatoms. The zero-order valence-electron chi connectivity index (χ0n) is 7.70. The Morgan fingerprint density at radius 2 is 1.91 bits per heavy atom. The second-order valence-corrected chi connectivity index (χ2v) is 4.68. The van der Waals surface area contributed by atoms with Gasteiger partial charge in [-0.3, -0.25) is 0 Å². The van der Waals surface area contributed by atoms with Gasteiger partial charge in [-0.1, -0.05) is 42.6 Å². The van der Waals surface area contributed by atoms with Crippen LogP contribution in [0.25, 0.3) is 0 Å². The molecule has 0 saturated heterocycles. The summed E-state index contributed by atoms with van der Waals surface area (Å²) in [6, 6.07) is 0. The van der Waals surface area contributed by atoms with Crippen LogP contribution in [0.1, 0.15) is 46.0 Å². The van der Waals surface area contributed by atoms with Crippen LogP contribution in [0.2, 0.25) is 0 Å². The molecule has 0 heterocycles. The van der Waals surface area contributed by atoms with Crippen molar-refractivity contribution < 1.29 is 0 Å². The lowest BCUT2D eigenvalue weighted by atomic mass is 9.76. The van der Waals surface area contributed by atoms with E-state index in [2.05, 4.69) is 29.8 Å². The highest BCUT2D eigenvalue weighted by molar-refractivity contribution is 9.09. The molecule has 11 heavy (non-hydrogen) atoms. The van der Waals surface area contributed by atoms with Crippen LogP contribution < -0.4 is 0 Å². The highest BCUT2D eigenvalue weighted by Gasteiger charge is 2.33. The van der Waals surface area contributed by atoms with Crippen LogP contribution in [-0.2, 0) is 0 Å². The zero-order chi connectivity index (χ0) is 8.32. The van der Waals surface area contributed by atoms with Gasteiger partial charge in [-0.15, -0.1) is 0 Å². The van der Waals surface area contributed by atoms with Gasteiger partial charge in [-0.2, -0.15) is 0 Å². The van der Waals surface area contributed by atoms with E-state index in [0.29, 0.717) is 5.41 Å². The molecule has 1 fully saturated rings. The Morgan fingerprint density at radius 1 is 1.36 bits per heavy atom. The lowest BCUT2D eigenvalue weighted by Gasteiger charge is -2.32. The highest BCUT2D eigenvalue weighted by atomic mass is 79.9. The maximum absolute atomic E-state index is 3.64. The normalized spacial score (nSPS) is 25.4. The third-order valence-corrected chi connectivity index (χ3v) is 4.73. The van der Waals surface area contributed by atoms with Crippen molar-refractivity contribution in [2.24, 2.45) is 11.3 Å². The van der Waals surface area contributed by atoms with E-state index in [4.69, 9.17) is 0 Å². The van der Waals surface area contributed by atoms with Crippen LogP contribution in [0, 0.1) is 11.3 Å². The number of hydrogen-bond acceptors (Lipinski definition) is 0. The largest absolute Gasteiger partial charge is 0.0922 e. The van der Waals surface area contributed by atoms with Crippen molar-refractivity contribution in [3.05, 3.63) is 0 Å². The van der Waals surface area contributed by atoms with Crippen LogP contribution in [-0.4, -0.2) is 5.33 Å². The molecular weight excluding hydrogens is 200 g/mol. The minimum atomic E-state index is 0.580. The molecule has 0 N–H and O–H groups in total. The summed E-state index contributed by atoms with van der Waals surface area (Å²) in [5.41, 5.74) is 0.580. The molecule has 0 amide bonds. The molecule has 1 atom stereocenters. The van der Waals surface area contributed by atoms with Gasteiger partial charge in [0.05, 0.1) is 0 Å². The lowest BCUT2D eigenvalue weighted by molar-refractivity contribution is 0.217. The first-order valence-corrected chi connectivity index (χ1v) is 5.91. The first-order chi connectivity index (χ1) is 5.23. The average Bonchev–Trinajstić information content (AvgIpc) is 2.55. The van der Waals surface area contributed by atoms with Gasteiger partial charge in [0.1, 0.15) is 0 Å². The van der Waals surface area contributed by atoms with Crippen molar-refractivity contribution in [2.75, 3.05) is 5.33 Å². The van der Waals surface area contributed by atoms with Crippen LogP contribution in [0.4, 0.5) is 0 Å². The molecule has 0 aliphatic heterocycles. The standard InChI is InChI=1S/C10H19Br/c1-3-10(2,8-11)9-6-4-5-7-9/h9H,3-8H2,1-2H3. The minimum absolute atomic E-state index is 0.580. The predicted molar refractivity (Wildman–Crippen MR) is 54.2 cm³/mol. The van der Waals surface area contributed by atoms with Crippen LogP contribution in [0.5, 0.6) is 0 Å². The van der Waals surface area contributed by atoms with Gasteiger partial charge in [0.25, 0.3) is 0 Å². The van der Waals surface area contributed by atoms with E-state index < -0.39 is 0 Å². The van der Waals surface area contributed by atoms with Gasteiger partial charge in [-0.05, 0) is 30.6 Å². The Labute approximate surface area is 78.9 Å². The lowest BCUT2D eigenvalue weighted by Crippen LogP contribution is -2.26. The summed E-state index contributed by atoms with van der Waals surface area (Å²) < 4.78 is 0. The molecule has 0 aromatic heterocycles. The van der Waals surface area contributed by atoms with Crippen molar-refractivity contribution in [1.82, 2.24) is 0 Å². The summed E-state index contributed by atoms with van der Waals surface area (Å²) >= 11 is 3.64. The van der Waals surface area contributed by atoms with E-state index in [1.165, 1.54) is 37.4 Å². The number of hydrogen-bond donors (Lipinski definition) is 0. The quantitative estimate of drug-likeness (QED) is 0.629. The van der Waals surface area contributed by atoms with Gasteiger partial charge in [0.15, 0.2) is 0 Å². The summed E-state index contributed by atoms with van der Waals surface area (Å²) in [5.74, 6) is 0.992. The van der Waals surface area contributed by atoms with E-state index in [0.717, 1.165) is 5.92 Å². The summed E-state index contributed by atoms with van der Waals surface area (Å²) in [6.45, 7) is 4.75. The van der Waals surface area contributed by atoms with Gasteiger partial charge in [0.2, 0.25) is 0 Å². The van der Waals surface area contributed by atoms with E-state index in [-0.39, 0.29) is 0 Å². The van der Waals surface area contributed by atoms with Crippen LogP contribution >= 0.6 is 15.9 Å². The minimum Gasteiger partial charge on any atom is -0.0922 e.